The fourth-order valence-corrected chi connectivity index (χ4v) is 3.91. The molecule has 3 aromatic carbocycles. The van der Waals surface area contributed by atoms with E-state index in [1.165, 1.54) is 11.8 Å². The van der Waals surface area contributed by atoms with E-state index in [0.717, 1.165) is 21.1 Å². The first-order chi connectivity index (χ1) is 13.6. The number of para-hydroxylation sites is 1. The van der Waals surface area contributed by atoms with Crippen LogP contribution in [-0.2, 0) is 0 Å². The number of methoxy groups -OCH3 is 1. The van der Waals surface area contributed by atoms with Crippen molar-refractivity contribution in [2.45, 2.75) is 22.8 Å². The zero-order valence-corrected chi connectivity index (χ0v) is 16.5. The molecule has 0 saturated carbocycles. The predicted octanol–water partition coefficient (Wildman–Crippen LogP) is 5.21. The van der Waals surface area contributed by atoms with Crippen molar-refractivity contribution in [2.24, 2.45) is 0 Å². The molecule has 0 radical (unpaired) electrons. The molecule has 1 N–H and O–H groups in total. The van der Waals surface area contributed by atoms with Gasteiger partial charge in [0.1, 0.15) is 11.8 Å². The van der Waals surface area contributed by atoms with Gasteiger partial charge >= 0.3 is 0 Å². The topological polar surface area (TPSA) is 62.1 Å². The van der Waals surface area contributed by atoms with Crippen LogP contribution in [0.3, 0.4) is 0 Å². The number of rotatable bonds is 6. The van der Waals surface area contributed by atoms with Gasteiger partial charge in [-0.25, -0.2) is 0 Å². The number of nitrogens with zero attached hydrogens (tertiary/aromatic N) is 1. The van der Waals surface area contributed by atoms with Gasteiger partial charge in [-0.3, -0.25) is 4.79 Å². The summed E-state index contributed by atoms with van der Waals surface area (Å²) in [4.78, 5) is 14.6. The summed E-state index contributed by atoms with van der Waals surface area (Å²) in [5.74, 6) is 0.567. The van der Waals surface area contributed by atoms with Gasteiger partial charge in [-0.1, -0.05) is 54.2 Å². The summed E-state index contributed by atoms with van der Waals surface area (Å²) >= 11 is 1.42. The van der Waals surface area contributed by atoms with Crippen molar-refractivity contribution < 1.29 is 9.53 Å². The van der Waals surface area contributed by atoms with Crippen LogP contribution in [-0.4, -0.2) is 13.0 Å². The molecule has 0 saturated heterocycles. The Hall–Kier alpha value is -3.23. The van der Waals surface area contributed by atoms with Gasteiger partial charge in [0.25, 0.3) is 5.91 Å². The number of hydrogen-bond donors (Lipinski definition) is 1. The molecular weight excluding hydrogens is 368 g/mol. The molecule has 3 aromatic rings. The normalized spacial score (nSPS) is 11.3. The third-order valence-corrected chi connectivity index (χ3v) is 5.46. The minimum Gasteiger partial charge on any atom is -0.496 e. The van der Waals surface area contributed by atoms with E-state index in [-0.39, 0.29) is 11.9 Å². The lowest BCUT2D eigenvalue weighted by atomic mass is 10.1. The van der Waals surface area contributed by atoms with E-state index in [1.54, 1.807) is 19.2 Å². The first-order valence-corrected chi connectivity index (χ1v) is 9.65. The molecule has 3 rings (SSSR count). The molecule has 1 atom stereocenters. The molecule has 1 amide bonds. The average molecular weight is 388 g/mol. The number of carbonyl (C=O) groups is 1. The Balaban J connectivity index is 1.84. The average Bonchev–Trinajstić information content (AvgIpc) is 2.74. The number of benzene rings is 3. The third-order valence-electron chi connectivity index (χ3n) is 4.31. The van der Waals surface area contributed by atoms with Crippen LogP contribution in [0.15, 0.2) is 82.6 Å². The van der Waals surface area contributed by atoms with Crippen LogP contribution in [0.5, 0.6) is 5.75 Å². The Morgan fingerprint density at radius 1 is 1.00 bits per heavy atom. The first kappa shape index (κ1) is 19.5. The van der Waals surface area contributed by atoms with Gasteiger partial charge in [-0.2, -0.15) is 5.26 Å². The van der Waals surface area contributed by atoms with Crippen molar-refractivity contribution >= 4 is 17.7 Å². The van der Waals surface area contributed by atoms with Gasteiger partial charge in [0.15, 0.2) is 0 Å². The standard InChI is InChI=1S/C23H20N2O2S/c1-16(18-10-4-6-12-20(18)27-2)25-23(26)19-11-5-8-14-22(19)28-21-13-7-3-9-17(21)15-24/h3-14,16H,1-2H3,(H,25,26). The van der Waals surface area contributed by atoms with Crippen LogP contribution in [0, 0.1) is 11.3 Å². The van der Waals surface area contributed by atoms with Crippen molar-refractivity contribution in [1.82, 2.24) is 5.32 Å². The molecule has 4 nitrogen and oxygen atoms in total. The lowest BCUT2D eigenvalue weighted by molar-refractivity contribution is 0.0936. The molecule has 0 bridgehead atoms. The zero-order valence-electron chi connectivity index (χ0n) is 15.7. The maximum atomic E-state index is 13.0. The molecule has 0 aliphatic carbocycles. The highest BCUT2D eigenvalue weighted by atomic mass is 32.2. The quantitative estimate of drug-likeness (QED) is 0.630. The predicted molar refractivity (Wildman–Crippen MR) is 111 cm³/mol. The van der Waals surface area contributed by atoms with Gasteiger partial charge in [0, 0.05) is 15.4 Å². The van der Waals surface area contributed by atoms with E-state index in [1.807, 2.05) is 67.6 Å². The lowest BCUT2D eigenvalue weighted by Crippen LogP contribution is -2.27. The second kappa shape index (κ2) is 9.12. The molecule has 1 unspecified atom stereocenters. The summed E-state index contributed by atoms with van der Waals surface area (Å²) in [6, 6.07) is 24.4. The van der Waals surface area contributed by atoms with Crippen LogP contribution < -0.4 is 10.1 Å². The molecule has 0 aromatic heterocycles. The summed E-state index contributed by atoms with van der Waals surface area (Å²) < 4.78 is 5.40. The minimum absolute atomic E-state index is 0.170. The summed E-state index contributed by atoms with van der Waals surface area (Å²) in [5, 5.41) is 12.4. The van der Waals surface area contributed by atoms with Crippen molar-refractivity contribution in [3.05, 3.63) is 89.5 Å². The first-order valence-electron chi connectivity index (χ1n) is 8.84. The number of nitrogens with one attached hydrogen (secondary N) is 1. The van der Waals surface area contributed by atoms with Crippen molar-refractivity contribution in [3.63, 3.8) is 0 Å². The molecule has 0 spiro atoms. The second-order valence-electron chi connectivity index (χ2n) is 6.14. The van der Waals surface area contributed by atoms with Crippen LogP contribution in [0.25, 0.3) is 0 Å². The number of ether oxygens (including phenoxy) is 1. The molecule has 0 heterocycles. The Kier molecular flexibility index (Phi) is 6.36. The van der Waals surface area contributed by atoms with Crippen molar-refractivity contribution in [1.29, 1.82) is 5.26 Å². The minimum atomic E-state index is -0.215. The summed E-state index contributed by atoms with van der Waals surface area (Å²) in [6.07, 6.45) is 0. The summed E-state index contributed by atoms with van der Waals surface area (Å²) in [5.41, 5.74) is 2.07. The molecule has 28 heavy (non-hydrogen) atoms. The second-order valence-corrected chi connectivity index (χ2v) is 7.23. The zero-order chi connectivity index (χ0) is 19.9. The van der Waals surface area contributed by atoms with Gasteiger partial charge in [-0.15, -0.1) is 0 Å². The Labute approximate surface area is 169 Å². The van der Waals surface area contributed by atoms with Crippen LogP contribution >= 0.6 is 11.8 Å². The maximum Gasteiger partial charge on any atom is 0.252 e. The molecule has 140 valence electrons. The molecule has 0 aliphatic rings. The highest BCUT2D eigenvalue weighted by molar-refractivity contribution is 7.99. The Morgan fingerprint density at radius 3 is 2.39 bits per heavy atom. The lowest BCUT2D eigenvalue weighted by Gasteiger charge is -2.18. The third kappa shape index (κ3) is 4.36. The largest absolute Gasteiger partial charge is 0.496 e. The number of carbonyl (C=O) groups excluding carboxylic acids is 1. The molecule has 0 fully saturated rings. The fraction of sp³-hybridized carbons (Fsp3) is 0.130. The maximum absolute atomic E-state index is 13.0. The number of hydrogen-bond acceptors (Lipinski definition) is 4. The van der Waals surface area contributed by atoms with Crippen LogP contribution in [0.4, 0.5) is 0 Å². The fourth-order valence-electron chi connectivity index (χ4n) is 2.89. The van der Waals surface area contributed by atoms with Gasteiger partial charge < -0.3 is 10.1 Å². The van der Waals surface area contributed by atoms with E-state index < -0.39 is 0 Å². The highest BCUT2D eigenvalue weighted by Gasteiger charge is 2.18. The smallest absolute Gasteiger partial charge is 0.252 e. The van der Waals surface area contributed by atoms with Crippen molar-refractivity contribution in [3.8, 4) is 11.8 Å². The van der Waals surface area contributed by atoms with Crippen LogP contribution in [0.1, 0.15) is 34.5 Å². The SMILES string of the molecule is COc1ccccc1C(C)NC(=O)c1ccccc1Sc1ccccc1C#N. The van der Waals surface area contributed by atoms with Gasteiger partial charge in [0.2, 0.25) is 0 Å². The van der Waals surface area contributed by atoms with E-state index in [9.17, 15) is 10.1 Å². The molecule has 0 aliphatic heterocycles. The van der Waals surface area contributed by atoms with Crippen molar-refractivity contribution in [2.75, 3.05) is 7.11 Å². The number of nitriles is 1. The van der Waals surface area contributed by atoms with Gasteiger partial charge in [-0.05, 0) is 37.3 Å². The summed E-state index contributed by atoms with van der Waals surface area (Å²) in [6.45, 7) is 1.93. The Bertz CT molecular complexity index is 1030. The summed E-state index contributed by atoms with van der Waals surface area (Å²) in [7, 11) is 1.62. The Morgan fingerprint density at radius 2 is 1.64 bits per heavy atom. The molecular formula is C23H20N2O2S. The monoisotopic (exact) mass is 388 g/mol. The van der Waals surface area contributed by atoms with E-state index in [4.69, 9.17) is 4.74 Å². The highest BCUT2D eigenvalue weighted by Crippen LogP contribution is 2.33. The van der Waals surface area contributed by atoms with Crippen LogP contribution in [0.2, 0.25) is 0 Å². The van der Waals surface area contributed by atoms with E-state index in [0.29, 0.717) is 11.1 Å². The van der Waals surface area contributed by atoms with E-state index >= 15 is 0 Å². The number of amides is 1. The van der Waals surface area contributed by atoms with E-state index in [2.05, 4.69) is 11.4 Å². The molecule has 5 heteroatoms. The van der Waals surface area contributed by atoms with Gasteiger partial charge in [0.05, 0.1) is 24.3 Å².